The normalized spacial score (nSPS) is 11.5. The Morgan fingerprint density at radius 2 is 1.56 bits per heavy atom. The van der Waals surface area contributed by atoms with Gasteiger partial charge < -0.3 is 9.47 Å². The Morgan fingerprint density at radius 3 is 2.19 bits per heavy atom. The highest BCUT2D eigenvalue weighted by molar-refractivity contribution is 5.94. The average Bonchev–Trinajstić information content (AvgIpc) is 2.70. The summed E-state index contributed by atoms with van der Waals surface area (Å²) in [6, 6.07) is 16.0. The Labute approximate surface area is 160 Å². The minimum absolute atomic E-state index is 0.321. The number of hydrogen-bond donors (Lipinski definition) is 0. The molecule has 138 valence electrons. The number of fused-ring (bicyclic) bond motifs is 1. The van der Waals surface area contributed by atoms with E-state index in [4.69, 9.17) is 9.47 Å². The lowest BCUT2D eigenvalue weighted by molar-refractivity contribution is 0.0600. The van der Waals surface area contributed by atoms with Gasteiger partial charge in [0, 0.05) is 0 Å². The molecule has 0 spiro atoms. The van der Waals surface area contributed by atoms with E-state index in [-0.39, 0.29) is 5.97 Å². The Hall–Kier alpha value is -3.07. The van der Waals surface area contributed by atoms with E-state index >= 15 is 0 Å². The van der Waals surface area contributed by atoms with Crippen LogP contribution in [0.3, 0.4) is 0 Å². The summed E-state index contributed by atoms with van der Waals surface area (Å²) in [6.45, 7) is 6.30. The molecule has 0 radical (unpaired) electrons. The summed E-state index contributed by atoms with van der Waals surface area (Å²) in [4.78, 5) is 11.6. The predicted molar refractivity (Wildman–Crippen MR) is 111 cm³/mol. The van der Waals surface area contributed by atoms with Crippen LogP contribution in [0, 0.1) is 13.8 Å². The molecule has 0 aromatic heterocycles. The molecule has 0 atom stereocenters. The summed E-state index contributed by atoms with van der Waals surface area (Å²) < 4.78 is 10.2. The molecule has 0 heterocycles. The minimum atomic E-state index is -0.321. The molecule has 3 rings (SSSR count). The molecule has 3 nitrogen and oxygen atoms in total. The lowest BCUT2D eigenvalue weighted by Crippen LogP contribution is -2.00. The topological polar surface area (TPSA) is 35.5 Å². The van der Waals surface area contributed by atoms with Crippen molar-refractivity contribution in [1.29, 1.82) is 0 Å². The molecule has 0 aliphatic rings. The van der Waals surface area contributed by atoms with Gasteiger partial charge in [-0.15, -0.1) is 0 Å². The molecule has 3 heteroatoms. The molecule has 0 bridgehead atoms. The number of allylic oxidation sites excluding steroid dienone is 1. The first kappa shape index (κ1) is 18.7. The summed E-state index contributed by atoms with van der Waals surface area (Å²) >= 11 is 0. The number of aryl methyl sites for hydroxylation is 2. The van der Waals surface area contributed by atoms with Crippen molar-refractivity contribution in [3.8, 4) is 5.75 Å². The van der Waals surface area contributed by atoms with Crippen LogP contribution in [0.2, 0.25) is 0 Å². The molecule has 0 saturated heterocycles. The van der Waals surface area contributed by atoms with E-state index in [9.17, 15) is 4.79 Å². The monoisotopic (exact) mass is 360 g/mol. The van der Waals surface area contributed by atoms with Gasteiger partial charge in [0.2, 0.25) is 0 Å². The largest absolute Gasteiger partial charge is 0.496 e. The Morgan fingerprint density at radius 1 is 0.889 bits per heavy atom. The third-order valence-electron chi connectivity index (χ3n) is 4.96. The van der Waals surface area contributed by atoms with Crippen LogP contribution in [0.15, 0.2) is 48.5 Å². The number of hydrogen-bond acceptors (Lipinski definition) is 3. The number of rotatable bonds is 4. The molecule has 3 aromatic carbocycles. The van der Waals surface area contributed by atoms with Crippen LogP contribution in [0.1, 0.15) is 39.5 Å². The average molecular weight is 360 g/mol. The Balaban J connectivity index is 1.98. The first-order valence-electron chi connectivity index (χ1n) is 8.89. The number of carbonyl (C=O) groups is 1. The zero-order chi connectivity index (χ0) is 19.6. The molecular weight excluding hydrogens is 336 g/mol. The van der Waals surface area contributed by atoms with Crippen LogP contribution >= 0.6 is 0 Å². The van der Waals surface area contributed by atoms with Gasteiger partial charge in [0.1, 0.15) is 5.75 Å². The molecule has 0 aliphatic carbocycles. The molecule has 0 N–H and O–H groups in total. The Bertz CT molecular complexity index is 1030. The van der Waals surface area contributed by atoms with Crippen LogP contribution in [0.5, 0.6) is 5.75 Å². The summed E-state index contributed by atoms with van der Waals surface area (Å²) in [6.07, 6.45) is 2.12. The zero-order valence-corrected chi connectivity index (χ0v) is 16.4. The summed E-state index contributed by atoms with van der Waals surface area (Å²) in [5.74, 6) is 0.601. The van der Waals surface area contributed by atoms with Gasteiger partial charge in [-0.05, 0) is 83.6 Å². The van der Waals surface area contributed by atoms with Crippen molar-refractivity contribution in [1.82, 2.24) is 0 Å². The number of esters is 1. The van der Waals surface area contributed by atoms with E-state index in [2.05, 4.69) is 51.1 Å². The zero-order valence-electron chi connectivity index (χ0n) is 16.4. The van der Waals surface area contributed by atoms with Gasteiger partial charge in [0.25, 0.3) is 0 Å². The van der Waals surface area contributed by atoms with Crippen LogP contribution in [0.4, 0.5) is 0 Å². The van der Waals surface area contributed by atoms with Gasteiger partial charge >= 0.3 is 5.97 Å². The van der Waals surface area contributed by atoms with Gasteiger partial charge in [-0.1, -0.05) is 30.3 Å². The second-order valence-electron chi connectivity index (χ2n) is 6.72. The fourth-order valence-electron chi connectivity index (χ4n) is 3.34. The molecular formula is C24H24O3. The van der Waals surface area contributed by atoms with E-state index in [1.54, 1.807) is 19.2 Å². The van der Waals surface area contributed by atoms with Gasteiger partial charge in [0.05, 0.1) is 19.8 Å². The van der Waals surface area contributed by atoms with Crippen molar-refractivity contribution >= 4 is 28.4 Å². The van der Waals surface area contributed by atoms with Crippen molar-refractivity contribution in [2.75, 3.05) is 14.2 Å². The van der Waals surface area contributed by atoms with E-state index in [0.717, 1.165) is 22.4 Å². The van der Waals surface area contributed by atoms with Crippen molar-refractivity contribution in [3.05, 3.63) is 76.3 Å². The SMILES string of the molecule is COC(=O)c1ccc(C=C(C)c2ccc3c(C)c(OC)cc(C)c3c2)cc1. The highest BCUT2D eigenvalue weighted by Gasteiger charge is 2.09. The summed E-state index contributed by atoms with van der Waals surface area (Å²) in [7, 11) is 3.10. The summed E-state index contributed by atoms with van der Waals surface area (Å²) in [5, 5.41) is 2.45. The fourth-order valence-corrected chi connectivity index (χ4v) is 3.34. The number of carbonyl (C=O) groups excluding carboxylic acids is 1. The highest BCUT2D eigenvalue weighted by Crippen LogP contribution is 2.32. The number of benzene rings is 3. The second-order valence-corrected chi connectivity index (χ2v) is 6.72. The van der Waals surface area contributed by atoms with Crippen molar-refractivity contribution < 1.29 is 14.3 Å². The van der Waals surface area contributed by atoms with Crippen LogP contribution in [-0.2, 0) is 4.74 Å². The maximum atomic E-state index is 11.6. The molecule has 3 aromatic rings. The first-order valence-corrected chi connectivity index (χ1v) is 8.89. The van der Waals surface area contributed by atoms with Crippen LogP contribution in [-0.4, -0.2) is 20.2 Å². The van der Waals surface area contributed by atoms with E-state index in [0.29, 0.717) is 5.56 Å². The molecule has 0 aliphatic heterocycles. The molecule has 0 unspecified atom stereocenters. The summed E-state index contributed by atoms with van der Waals surface area (Å²) in [5.41, 5.74) is 6.29. The van der Waals surface area contributed by atoms with Gasteiger partial charge in [-0.25, -0.2) is 4.79 Å². The second kappa shape index (κ2) is 7.67. The van der Waals surface area contributed by atoms with Gasteiger partial charge in [0.15, 0.2) is 0 Å². The number of ether oxygens (including phenoxy) is 2. The maximum absolute atomic E-state index is 11.6. The third-order valence-corrected chi connectivity index (χ3v) is 4.96. The smallest absolute Gasteiger partial charge is 0.337 e. The molecule has 0 fully saturated rings. The molecule has 27 heavy (non-hydrogen) atoms. The molecule has 0 amide bonds. The van der Waals surface area contributed by atoms with Crippen molar-refractivity contribution in [2.45, 2.75) is 20.8 Å². The molecule has 0 saturated carbocycles. The Kier molecular flexibility index (Phi) is 5.31. The van der Waals surface area contributed by atoms with E-state index in [1.165, 1.54) is 29.0 Å². The van der Waals surface area contributed by atoms with Crippen molar-refractivity contribution in [2.24, 2.45) is 0 Å². The standard InChI is InChI=1S/C24H24O3/c1-15(12-18-6-8-19(9-7-18)24(25)27-5)20-10-11-21-17(3)23(26-4)13-16(2)22(21)14-20/h6-14H,1-5H3. The maximum Gasteiger partial charge on any atom is 0.337 e. The highest BCUT2D eigenvalue weighted by atomic mass is 16.5. The van der Waals surface area contributed by atoms with E-state index in [1.807, 2.05) is 12.1 Å². The van der Waals surface area contributed by atoms with E-state index < -0.39 is 0 Å². The van der Waals surface area contributed by atoms with Gasteiger partial charge in [-0.2, -0.15) is 0 Å². The fraction of sp³-hybridized carbons (Fsp3) is 0.208. The predicted octanol–water partition coefficient (Wildman–Crippen LogP) is 5.81. The lowest BCUT2D eigenvalue weighted by atomic mass is 9.95. The first-order chi connectivity index (χ1) is 12.9. The van der Waals surface area contributed by atoms with Crippen molar-refractivity contribution in [3.63, 3.8) is 0 Å². The number of methoxy groups -OCH3 is 2. The lowest BCUT2D eigenvalue weighted by Gasteiger charge is -2.13. The van der Waals surface area contributed by atoms with Gasteiger partial charge in [-0.3, -0.25) is 0 Å². The van der Waals surface area contributed by atoms with Crippen LogP contribution in [0.25, 0.3) is 22.4 Å². The minimum Gasteiger partial charge on any atom is -0.496 e. The quantitative estimate of drug-likeness (QED) is 0.435. The van der Waals surface area contributed by atoms with Crippen LogP contribution < -0.4 is 4.74 Å². The third kappa shape index (κ3) is 3.72.